The van der Waals surface area contributed by atoms with E-state index in [1.54, 1.807) is 6.20 Å². The van der Waals surface area contributed by atoms with Gasteiger partial charge in [-0.05, 0) is 88.7 Å². The highest BCUT2D eigenvalue weighted by Gasteiger charge is 2.49. The highest BCUT2D eigenvalue weighted by atomic mass is 16.6. The molecule has 0 saturated carbocycles. The SMILES string of the molecule is CCOc1ncccc1-c1ccc2c(n1)CN(C[C@H]1CCCN1C(=O)OC(C)(C)C)C[C@]21CCN(Cc2ccccc2)C[C@H]1CC. The predicted molar refractivity (Wildman–Crippen MR) is 182 cm³/mol. The fraction of sp³-hybridized carbons (Fsp3) is 0.553. The summed E-state index contributed by atoms with van der Waals surface area (Å²) in [5.41, 5.74) is 5.23. The van der Waals surface area contributed by atoms with E-state index >= 15 is 0 Å². The molecule has 0 unspecified atom stereocenters. The van der Waals surface area contributed by atoms with Crippen LogP contribution in [0.1, 0.15) is 77.1 Å². The number of benzene rings is 1. The van der Waals surface area contributed by atoms with Crippen LogP contribution < -0.4 is 4.74 Å². The summed E-state index contributed by atoms with van der Waals surface area (Å²) >= 11 is 0. The molecule has 1 amide bonds. The molecule has 46 heavy (non-hydrogen) atoms. The normalized spacial score (nSPS) is 23.8. The van der Waals surface area contributed by atoms with Crippen molar-refractivity contribution >= 4 is 6.09 Å². The van der Waals surface area contributed by atoms with E-state index in [1.165, 1.54) is 11.1 Å². The molecule has 0 bridgehead atoms. The fourth-order valence-electron chi connectivity index (χ4n) is 8.04. The van der Waals surface area contributed by atoms with Crippen LogP contribution in [-0.4, -0.2) is 81.7 Å². The summed E-state index contributed by atoms with van der Waals surface area (Å²) in [6.07, 6.45) is 5.78. The predicted octanol–water partition coefficient (Wildman–Crippen LogP) is 6.93. The molecule has 0 aliphatic carbocycles. The summed E-state index contributed by atoms with van der Waals surface area (Å²) < 4.78 is 11.7. The Kier molecular flexibility index (Phi) is 9.67. The van der Waals surface area contributed by atoms with Crippen molar-refractivity contribution in [2.24, 2.45) is 5.92 Å². The molecule has 8 nitrogen and oxygen atoms in total. The number of hydrogen-bond acceptors (Lipinski definition) is 7. The van der Waals surface area contributed by atoms with Crippen LogP contribution in [0.15, 0.2) is 60.8 Å². The second-order valence-corrected chi connectivity index (χ2v) is 14.4. The van der Waals surface area contributed by atoms with Crippen molar-refractivity contribution in [1.82, 2.24) is 24.7 Å². The van der Waals surface area contributed by atoms with E-state index in [-0.39, 0.29) is 17.6 Å². The van der Waals surface area contributed by atoms with Gasteiger partial charge in [0.25, 0.3) is 0 Å². The van der Waals surface area contributed by atoms with Crippen LogP contribution in [0.4, 0.5) is 4.79 Å². The summed E-state index contributed by atoms with van der Waals surface area (Å²) in [4.78, 5) is 30.3. The van der Waals surface area contributed by atoms with Crippen LogP contribution in [-0.2, 0) is 23.2 Å². The molecule has 3 aliphatic heterocycles. The summed E-state index contributed by atoms with van der Waals surface area (Å²) in [5, 5.41) is 0. The van der Waals surface area contributed by atoms with E-state index in [2.05, 4.69) is 70.2 Å². The van der Waals surface area contributed by atoms with Crippen LogP contribution in [0.2, 0.25) is 0 Å². The van der Waals surface area contributed by atoms with E-state index in [0.29, 0.717) is 18.4 Å². The fourth-order valence-corrected chi connectivity index (χ4v) is 8.04. The molecule has 2 saturated heterocycles. The third kappa shape index (κ3) is 6.93. The lowest BCUT2D eigenvalue weighted by atomic mass is 9.62. The lowest BCUT2D eigenvalue weighted by Gasteiger charge is -2.53. The van der Waals surface area contributed by atoms with Crippen molar-refractivity contribution in [3.63, 3.8) is 0 Å². The monoisotopic (exact) mass is 625 g/mol. The molecule has 1 aromatic carbocycles. The highest BCUT2D eigenvalue weighted by molar-refractivity contribution is 5.69. The van der Waals surface area contributed by atoms with Gasteiger partial charge in [0.15, 0.2) is 0 Å². The third-order valence-corrected chi connectivity index (χ3v) is 10.1. The lowest BCUT2D eigenvalue weighted by Crippen LogP contribution is -2.58. The zero-order valence-electron chi connectivity index (χ0n) is 28.4. The van der Waals surface area contributed by atoms with Gasteiger partial charge in [0.05, 0.1) is 23.6 Å². The van der Waals surface area contributed by atoms with E-state index < -0.39 is 5.60 Å². The van der Waals surface area contributed by atoms with Gasteiger partial charge in [-0.25, -0.2) is 9.78 Å². The molecule has 8 heteroatoms. The number of rotatable bonds is 8. The number of carbonyl (C=O) groups is 1. The van der Waals surface area contributed by atoms with E-state index in [9.17, 15) is 4.79 Å². The van der Waals surface area contributed by atoms with Crippen molar-refractivity contribution in [2.75, 3.05) is 39.3 Å². The topological polar surface area (TPSA) is 71.0 Å². The van der Waals surface area contributed by atoms with Crippen molar-refractivity contribution in [3.8, 4) is 17.1 Å². The van der Waals surface area contributed by atoms with Crippen molar-refractivity contribution in [1.29, 1.82) is 0 Å². The van der Waals surface area contributed by atoms with Gasteiger partial charge in [0, 0.05) is 56.9 Å². The van der Waals surface area contributed by atoms with Gasteiger partial charge >= 0.3 is 6.09 Å². The van der Waals surface area contributed by atoms with E-state index in [4.69, 9.17) is 14.5 Å². The molecule has 6 rings (SSSR count). The first-order valence-corrected chi connectivity index (χ1v) is 17.3. The molecule has 1 spiro atoms. The maximum atomic E-state index is 13.2. The van der Waals surface area contributed by atoms with Crippen molar-refractivity contribution < 1.29 is 14.3 Å². The van der Waals surface area contributed by atoms with Gasteiger partial charge < -0.3 is 14.4 Å². The zero-order chi connectivity index (χ0) is 32.3. The Morgan fingerprint density at radius 2 is 1.85 bits per heavy atom. The van der Waals surface area contributed by atoms with Crippen LogP contribution in [0, 0.1) is 5.92 Å². The first-order chi connectivity index (χ1) is 22.2. The summed E-state index contributed by atoms with van der Waals surface area (Å²) in [7, 11) is 0. The maximum absolute atomic E-state index is 13.2. The Balaban J connectivity index is 1.32. The zero-order valence-corrected chi connectivity index (χ0v) is 28.4. The average Bonchev–Trinajstić information content (AvgIpc) is 3.50. The van der Waals surface area contributed by atoms with Crippen LogP contribution in [0.25, 0.3) is 11.3 Å². The quantitative estimate of drug-likeness (QED) is 0.269. The molecule has 0 N–H and O–H groups in total. The molecular weight excluding hydrogens is 574 g/mol. The molecule has 3 aromatic rings. The first-order valence-electron chi connectivity index (χ1n) is 17.3. The molecule has 2 aromatic heterocycles. The number of ether oxygens (including phenoxy) is 2. The smallest absolute Gasteiger partial charge is 0.410 e. The Morgan fingerprint density at radius 1 is 1.02 bits per heavy atom. The second-order valence-electron chi connectivity index (χ2n) is 14.4. The summed E-state index contributed by atoms with van der Waals surface area (Å²) in [6, 6.07) is 19.5. The molecular formula is C38H51N5O3. The number of likely N-dealkylation sites (tertiary alicyclic amines) is 2. The number of aromatic nitrogens is 2. The first kappa shape index (κ1) is 32.5. The number of amides is 1. The van der Waals surface area contributed by atoms with Crippen LogP contribution >= 0.6 is 0 Å². The standard InChI is InChI=1S/C38H51N5O3/c1-6-29-24-41(23-28-13-9-8-10-14-28)22-19-38(29)27-42(25-30-15-12-21-43(30)36(44)46-37(3,4)5)26-34-32(38)17-18-33(40-34)31-16-11-20-39-35(31)45-7-2/h8-11,13-14,16-18,20,29-30H,6-7,12,15,19,21-27H2,1-5H3/t29-,30-,38+/m1/s1. The Hall–Kier alpha value is -3.49. The number of nitrogens with zero attached hydrogens (tertiary/aromatic N) is 5. The van der Waals surface area contributed by atoms with Gasteiger partial charge in [-0.3, -0.25) is 14.8 Å². The molecule has 3 aliphatic rings. The summed E-state index contributed by atoms with van der Waals surface area (Å²) in [5.74, 6) is 1.11. The van der Waals surface area contributed by atoms with Gasteiger partial charge in [0.2, 0.25) is 5.88 Å². The molecule has 5 heterocycles. The van der Waals surface area contributed by atoms with E-state index in [1.807, 2.05) is 38.7 Å². The second kappa shape index (κ2) is 13.7. The minimum atomic E-state index is -0.507. The number of carbonyl (C=O) groups excluding carboxylic acids is 1. The number of pyridine rings is 2. The van der Waals surface area contributed by atoms with Gasteiger partial charge in [0.1, 0.15) is 5.60 Å². The van der Waals surface area contributed by atoms with Crippen molar-refractivity contribution in [2.45, 2.75) is 90.4 Å². The van der Waals surface area contributed by atoms with Crippen LogP contribution in [0.3, 0.4) is 0 Å². The molecule has 2 fully saturated rings. The van der Waals surface area contributed by atoms with Crippen LogP contribution in [0.5, 0.6) is 5.88 Å². The average molecular weight is 626 g/mol. The maximum Gasteiger partial charge on any atom is 0.410 e. The number of piperidine rings is 1. The number of hydrogen-bond donors (Lipinski definition) is 0. The number of fused-ring (bicyclic) bond motifs is 2. The minimum absolute atomic E-state index is 0.00586. The third-order valence-electron chi connectivity index (χ3n) is 10.1. The van der Waals surface area contributed by atoms with Gasteiger partial charge in [-0.15, -0.1) is 0 Å². The van der Waals surface area contributed by atoms with Crippen molar-refractivity contribution in [3.05, 3.63) is 77.6 Å². The molecule has 246 valence electrons. The van der Waals surface area contributed by atoms with E-state index in [0.717, 1.165) is 88.4 Å². The molecule has 3 atom stereocenters. The van der Waals surface area contributed by atoms with Gasteiger partial charge in [-0.2, -0.15) is 0 Å². The Bertz CT molecular complexity index is 1490. The Labute approximate surface area is 275 Å². The lowest BCUT2D eigenvalue weighted by molar-refractivity contribution is 0.0107. The van der Waals surface area contributed by atoms with Gasteiger partial charge in [-0.1, -0.05) is 49.7 Å². The largest absolute Gasteiger partial charge is 0.477 e. The summed E-state index contributed by atoms with van der Waals surface area (Å²) in [6.45, 7) is 17.1. The molecule has 0 radical (unpaired) electrons. The Morgan fingerprint density at radius 3 is 2.61 bits per heavy atom. The minimum Gasteiger partial charge on any atom is -0.477 e. The highest BCUT2D eigenvalue weighted by Crippen LogP contribution is 2.47.